The molecule has 6 nitrogen and oxygen atoms in total. The summed E-state index contributed by atoms with van der Waals surface area (Å²) in [6.07, 6.45) is 1.83. The normalized spacial score (nSPS) is 19.2. The van der Waals surface area contributed by atoms with Crippen LogP contribution >= 0.6 is 0 Å². The topological polar surface area (TPSA) is 84.1 Å². The SMILES string of the molecule is CNc1cc(N2CCCC(C(N)=O)C2)nc(C(C)C)n1. The van der Waals surface area contributed by atoms with Gasteiger partial charge in [0.1, 0.15) is 17.5 Å². The lowest BCUT2D eigenvalue weighted by Crippen LogP contribution is -2.41. The smallest absolute Gasteiger partial charge is 0.222 e. The van der Waals surface area contributed by atoms with E-state index in [4.69, 9.17) is 5.73 Å². The first kappa shape index (κ1) is 14.6. The number of rotatable bonds is 4. The molecule has 1 fully saturated rings. The molecule has 1 atom stereocenters. The monoisotopic (exact) mass is 277 g/mol. The number of aromatic nitrogens is 2. The Balaban J connectivity index is 2.26. The fourth-order valence-electron chi connectivity index (χ4n) is 2.42. The minimum atomic E-state index is -0.221. The van der Waals surface area contributed by atoms with Crippen molar-refractivity contribution in [1.82, 2.24) is 9.97 Å². The summed E-state index contributed by atoms with van der Waals surface area (Å²) >= 11 is 0. The van der Waals surface area contributed by atoms with Crippen LogP contribution in [-0.2, 0) is 4.79 Å². The number of anilines is 2. The summed E-state index contributed by atoms with van der Waals surface area (Å²) in [5.74, 6) is 2.45. The molecule has 1 aliphatic rings. The molecule has 1 aromatic heterocycles. The van der Waals surface area contributed by atoms with Crippen LogP contribution in [0.5, 0.6) is 0 Å². The molecule has 3 N–H and O–H groups in total. The van der Waals surface area contributed by atoms with Crippen LogP contribution in [0, 0.1) is 5.92 Å². The van der Waals surface area contributed by atoms with E-state index in [1.54, 1.807) is 0 Å². The quantitative estimate of drug-likeness (QED) is 0.867. The van der Waals surface area contributed by atoms with Crippen LogP contribution in [-0.4, -0.2) is 36.0 Å². The van der Waals surface area contributed by atoms with Crippen molar-refractivity contribution in [2.45, 2.75) is 32.6 Å². The maximum Gasteiger partial charge on any atom is 0.222 e. The summed E-state index contributed by atoms with van der Waals surface area (Å²) in [6, 6.07) is 1.93. The first-order valence-corrected chi connectivity index (χ1v) is 7.12. The van der Waals surface area contributed by atoms with Gasteiger partial charge in [0.2, 0.25) is 5.91 Å². The zero-order valence-corrected chi connectivity index (χ0v) is 12.4. The number of nitrogens with zero attached hydrogens (tertiary/aromatic N) is 3. The molecular formula is C14H23N5O. The summed E-state index contributed by atoms with van der Waals surface area (Å²) in [5, 5.41) is 3.07. The van der Waals surface area contributed by atoms with E-state index in [-0.39, 0.29) is 17.7 Å². The second-order valence-electron chi connectivity index (χ2n) is 5.56. The summed E-state index contributed by atoms with van der Waals surface area (Å²) in [7, 11) is 1.85. The Labute approximate surface area is 119 Å². The average Bonchev–Trinajstić information content (AvgIpc) is 2.46. The predicted molar refractivity (Wildman–Crippen MR) is 79.8 cm³/mol. The molecule has 110 valence electrons. The van der Waals surface area contributed by atoms with Crippen molar-refractivity contribution in [2.24, 2.45) is 11.7 Å². The number of hydrogen-bond acceptors (Lipinski definition) is 5. The average molecular weight is 277 g/mol. The fourth-order valence-corrected chi connectivity index (χ4v) is 2.42. The molecule has 1 aliphatic heterocycles. The van der Waals surface area contributed by atoms with E-state index in [0.29, 0.717) is 6.54 Å². The first-order valence-electron chi connectivity index (χ1n) is 7.12. The minimum absolute atomic E-state index is 0.0840. The molecule has 6 heteroatoms. The van der Waals surface area contributed by atoms with Crippen molar-refractivity contribution in [3.05, 3.63) is 11.9 Å². The zero-order chi connectivity index (χ0) is 14.7. The van der Waals surface area contributed by atoms with E-state index in [1.165, 1.54) is 0 Å². The molecule has 2 rings (SSSR count). The molecular weight excluding hydrogens is 254 g/mol. The fraction of sp³-hybridized carbons (Fsp3) is 0.643. The third kappa shape index (κ3) is 3.18. The predicted octanol–water partition coefficient (Wildman–Crippen LogP) is 1.34. The van der Waals surface area contributed by atoms with Crippen LogP contribution in [0.15, 0.2) is 6.07 Å². The third-order valence-electron chi connectivity index (χ3n) is 3.65. The lowest BCUT2D eigenvalue weighted by atomic mass is 9.97. The zero-order valence-electron chi connectivity index (χ0n) is 12.4. The van der Waals surface area contributed by atoms with Gasteiger partial charge < -0.3 is 16.0 Å². The second kappa shape index (κ2) is 6.07. The molecule has 1 saturated heterocycles. The van der Waals surface area contributed by atoms with Gasteiger partial charge >= 0.3 is 0 Å². The number of amides is 1. The number of nitrogens with two attached hydrogens (primary N) is 1. The van der Waals surface area contributed by atoms with Gasteiger partial charge in [-0.3, -0.25) is 4.79 Å². The molecule has 1 unspecified atom stereocenters. The summed E-state index contributed by atoms with van der Waals surface area (Å²) < 4.78 is 0. The number of carbonyl (C=O) groups excluding carboxylic acids is 1. The van der Waals surface area contributed by atoms with Gasteiger partial charge in [-0.2, -0.15) is 0 Å². The Morgan fingerprint density at radius 2 is 2.25 bits per heavy atom. The van der Waals surface area contributed by atoms with Crippen molar-refractivity contribution in [3.63, 3.8) is 0 Å². The van der Waals surface area contributed by atoms with Gasteiger partial charge in [0, 0.05) is 32.1 Å². The van der Waals surface area contributed by atoms with Crippen LogP contribution < -0.4 is 16.0 Å². The van der Waals surface area contributed by atoms with Crippen molar-refractivity contribution in [1.29, 1.82) is 0 Å². The van der Waals surface area contributed by atoms with Crippen LogP contribution in [0.2, 0.25) is 0 Å². The van der Waals surface area contributed by atoms with Gasteiger partial charge in [-0.15, -0.1) is 0 Å². The Kier molecular flexibility index (Phi) is 4.42. The second-order valence-corrected chi connectivity index (χ2v) is 5.56. The molecule has 0 bridgehead atoms. The van der Waals surface area contributed by atoms with E-state index >= 15 is 0 Å². The highest BCUT2D eigenvalue weighted by Crippen LogP contribution is 2.24. The Morgan fingerprint density at radius 3 is 2.85 bits per heavy atom. The highest BCUT2D eigenvalue weighted by Gasteiger charge is 2.25. The Morgan fingerprint density at radius 1 is 1.50 bits per heavy atom. The van der Waals surface area contributed by atoms with Gasteiger partial charge in [-0.1, -0.05) is 13.8 Å². The molecule has 0 aromatic carbocycles. The molecule has 0 spiro atoms. The molecule has 0 saturated carbocycles. The number of nitrogens with one attached hydrogen (secondary N) is 1. The lowest BCUT2D eigenvalue weighted by Gasteiger charge is -2.32. The molecule has 2 heterocycles. The lowest BCUT2D eigenvalue weighted by molar-refractivity contribution is -0.122. The number of piperidine rings is 1. The number of carbonyl (C=O) groups is 1. The summed E-state index contributed by atoms with van der Waals surface area (Å²) in [4.78, 5) is 22.6. The van der Waals surface area contributed by atoms with Crippen molar-refractivity contribution >= 4 is 17.5 Å². The van der Waals surface area contributed by atoms with E-state index in [2.05, 4.69) is 34.0 Å². The molecule has 20 heavy (non-hydrogen) atoms. The van der Waals surface area contributed by atoms with Gasteiger partial charge in [-0.25, -0.2) is 9.97 Å². The van der Waals surface area contributed by atoms with Crippen LogP contribution in [0.25, 0.3) is 0 Å². The van der Waals surface area contributed by atoms with Crippen molar-refractivity contribution in [2.75, 3.05) is 30.4 Å². The van der Waals surface area contributed by atoms with Crippen LogP contribution in [0.3, 0.4) is 0 Å². The van der Waals surface area contributed by atoms with E-state index in [0.717, 1.165) is 36.8 Å². The molecule has 1 aromatic rings. The van der Waals surface area contributed by atoms with Gasteiger partial charge in [0.25, 0.3) is 0 Å². The largest absolute Gasteiger partial charge is 0.373 e. The van der Waals surface area contributed by atoms with Crippen molar-refractivity contribution in [3.8, 4) is 0 Å². The van der Waals surface area contributed by atoms with Crippen molar-refractivity contribution < 1.29 is 4.79 Å². The van der Waals surface area contributed by atoms with Crippen LogP contribution in [0.4, 0.5) is 11.6 Å². The summed E-state index contributed by atoms with van der Waals surface area (Å²) in [5.41, 5.74) is 5.43. The molecule has 1 amide bonds. The Bertz CT molecular complexity index is 488. The maximum absolute atomic E-state index is 11.4. The molecule has 0 radical (unpaired) electrons. The number of hydrogen-bond donors (Lipinski definition) is 2. The van der Waals surface area contributed by atoms with Gasteiger partial charge in [-0.05, 0) is 12.8 Å². The van der Waals surface area contributed by atoms with Gasteiger partial charge in [0.05, 0.1) is 5.92 Å². The minimum Gasteiger partial charge on any atom is -0.373 e. The highest BCUT2D eigenvalue weighted by molar-refractivity contribution is 5.77. The van der Waals surface area contributed by atoms with E-state index in [9.17, 15) is 4.79 Å². The first-order chi connectivity index (χ1) is 9.51. The Hall–Kier alpha value is -1.85. The standard InChI is InChI=1S/C14H23N5O/c1-9(2)14-17-11(16-3)7-12(18-14)19-6-4-5-10(8-19)13(15)20/h7,9-10H,4-6,8H2,1-3H3,(H2,15,20)(H,16,17,18). The van der Waals surface area contributed by atoms with E-state index in [1.807, 2.05) is 13.1 Å². The third-order valence-corrected chi connectivity index (χ3v) is 3.65. The van der Waals surface area contributed by atoms with E-state index < -0.39 is 0 Å². The summed E-state index contributed by atoms with van der Waals surface area (Å²) in [6.45, 7) is 5.69. The highest BCUT2D eigenvalue weighted by atomic mass is 16.1. The molecule has 0 aliphatic carbocycles. The van der Waals surface area contributed by atoms with Crippen LogP contribution in [0.1, 0.15) is 38.4 Å². The maximum atomic E-state index is 11.4. The number of primary amides is 1. The van der Waals surface area contributed by atoms with Gasteiger partial charge in [0.15, 0.2) is 0 Å².